The molecule has 0 aliphatic heterocycles. The summed E-state index contributed by atoms with van der Waals surface area (Å²) < 4.78 is 19.9. The van der Waals surface area contributed by atoms with Crippen LogP contribution in [0.25, 0.3) is 0 Å². The summed E-state index contributed by atoms with van der Waals surface area (Å²) in [5.74, 6) is -4.50. The number of carbonyl (C=O) groups excluding carboxylic acids is 4. The molecule has 0 atom stereocenters. The Labute approximate surface area is 180 Å². The summed E-state index contributed by atoms with van der Waals surface area (Å²) in [6.07, 6.45) is -0.717. The van der Waals surface area contributed by atoms with Crippen LogP contribution < -0.4 is 0 Å². The van der Waals surface area contributed by atoms with Crippen molar-refractivity contribution in [1.29, 1.82) is 0 Å². The van der Waals surface area contributed by atoms with Crippen molar-refractivity contribution in [2.75, 3.05) is 19.8 Å². The van der Waals surface area contributed by atoms with Crippen molar-refractivity contribution in [2.24, 2.45) is 5.41 Å². The van der Waals surface area contributed by atoms with Gasteiger partial charge in [-0.3, -0.25) is 14.4 Å². The standard InChI is InChI=1S/C21H25ClO8/c1-5-27-18(24)21(19(25)28-6-2,20(26)29-7-3)12-14(4)17(23)30-13-15-10-8-9-11-16(15)22/h8-11H,4-7,12-13H2,1-3H3. The predicted octanol–water partition coefficient (Wildman–Crippen LogP) is 3.01. The minimum absolute atomic E-state index is 0.108. The highest BCUT2D eigenvalue weighted by Crippen LogP contribution is 2.32. The maximum absolute atomic E-state index is 12.6. The molecule has 0 heterocycles. The summed E-state index contributed by atoms with van der Waals surface area (Å²) in [4.78, 5) is 50.4. The SMILES string of the molecule is C=C(CC(C(=O)OCC)(C(=O)OCC)C(=O)OCC)C(=O)OCc1ccccc1Cl. The molecule has 0 fully saturated rings. The molecular weight excluding hydrogens is 416 g/mol. The lowest BCUT2D eigenvalue weighted by atomic mass is 9.81. The van der Waals surface area contributed by atoms with Gasteiger partial charge in [0.15, 0.2) is 0 Å². The first kappa shape index (κ1) is 25.2. The van der Waals surface area contributed by atoms with Crippen molar-refractivity contribution in [3.8, 4) is 0 Å². The molecule has 0 aromatic heterocycles. The van der Waals surface area contributed by atoms with Crippen LogP contribution in [0, 0.1) is 5.41 Å². The van der Waals surface area contributed by atoms with E-state index < -0.39 is 35.7 Å². The van der Waals surface area contributed by atoms with Gasteiger partial charge in [-0.1, -0.05) is 36.4 Å². The highest BCUT2D eigenvalue weighted by atomic mass is 35.5. The molecule has 0 saturated carbocycles. The molecule has 0 radical (unpaired) electrons. The summed E-state index contributed by atoms with van der Waals surface area (Å²) in [7, 11) is 0. The Hall–Kier alpha value is -2.87. The molecular formula is C21H25ClO8. The van der Waals surface area contributed by atoms with Gasteiger partial charge in [0.25, 0.3) is 5.41 Å². The monoisotopic (exact) mass is 440 g/mol. The van der Waals surface area contributed by atoms with Crippen LogP contribution in [-0.4, -0.2) is 43.7 Å². The Morgan fingerprint density at radius 1 is 0.867 bits per heavy atom. The highest BCUT2D eigenvalue weighted by molar-refractivity contribution is 6.31. The average molecular weight is 441 g/mol. The van der Waals surface area contributed by atoms with E-state index in [0.29, 0.717) is 10.6 Å². The van der Waals surface area contributed by atoms with Crippen LogP contribution in [0.2, 0.25) is 5.02 Å². The minimum Gasteiger partial charge on any atom is -0.465 e. The van der Waals surface area contributed by atoms with Crippen molar-refractivity contribution in [2.45, 2.75) is 33.8 Å². The Kier molecular flexibility index (Phi) is 10.0. The van der Waals surface area contributed by atoms with Crippen molar-refractivity contribution < 1.29 is 38.1 Å². The van der Waals surface area contributed by atoms with Gasteiger partial charge >= 0.3 is 23.9 Å². The first-order valence-corrected chi connectivity index (χ1v) is 9.72. The van der Waals surface area contributed by atoms with Gasteiger partial charge in [0.2, 0.25) is 0 Å². The van der Waals surface area contributed by atoms with Gasteiger partial charge in [-0.15, -0.1) is 0 Å². The second-order valence-corrected chi connectivity index (χ2v) is 6.42. The zero-order valence-electron chi connectivity index (χ0n) is 17.2. The van der Waals surface area contributed by atoms with Crippen LogP contribution in [0.1, 0.15) is 32.8 Å². The normalized spacial score (nSPS) is 10.7. The van der Waals surface area contributed by atoms with E-state index in [1.54, 1.807) is 24.3 Å². The van der Waals surface area contributed by atoms with Crippen LogP contribution in [0.3, 0.4) is 0 Å². The second-order valence-electron chi connectivity index (χ2n) is 6.01. The molecule has 9 heteroatoms. The molecule has 1 aromatic carbocycles. The molecule has 0 aliphatic rings. The van der Waals surface area contributed by atoms with E-state index in [9.17, 15) is 19.2 Å². The molecule has 1 aromatic rings. The van der Waals surface area contributed by atoms with E-state index in [1.165, 1.54) is 20.8 Å². The number of ether oxygens (including phenoxy) is 4. The van der Waals surface area contributed by atoms with Crippen LogP contribution in [0.15, 0.2) is 36.4 Å². The fraction of sp³-hybridized carbons (Fsp3) is 0.429. The molecule has 0 unspecified atom stereocenters. The first-order chi connectivity index (χ1) is 14.2. The number of halogens is 1. The zero-order chi connectivity index (χ0) is 22.7. The van der Waals surface area contributed by atoms with E-state index in [1.807, 2.05) is 0 Å². The third kappa shape index (κ3) is 6.06. The van der Waals surface area contributed by atoms with E-state index in [4.69, 9.17) is 30.5 Å². The quantitative estimate of drug-likeness (QED) is 0.224. The lowest BCUT2D eigenvalue weighted by molar-refractivity contribution is -0.183. The Morgan fingerprint density at radius 2 is 1.33 bits per heavy atom. The van der Waals surface area contributed by atoms with E-state index in [0.717, 1.165) is 0 Å². The lowest BCUT2D eigenvalue weighted by Crippen LogP contribution is -2.50. The smallest absolute Gasteiger partial charge is 0.335 e. The summed E-state index contributed by atoms with van der Waals surface area (Å²) in [6.45, 7) is 7.60. The molecule has 0 aliphatic carbocycles. The van der Waals surface area contributed by atoms with Gasteiger partial charge in [-0.05, 0) is 26.8 Å². The first-order valence-electron chi connectivity index (χ1n) is 9.34. The fourth-order valence-corrected chi connectivity index (χ4v) is 2.67. The number of rotatable bonds is 11. The third-order valence-electron chi connectivity index (χ3n) is 3.96. The Bertz CT molecular complexity index is 756. The molecule has 1 rings (SSSR count). The van der Waals surface area contributed by atoms with Gasteiger partial charge in [0.05, 0.1) is 19.8 Å². The maximum atomic E-state index is 12.6. The minimum atomic E-state index is -2.53. The fourth-order valence-electron chi connectivity index (χ4n) is 2.48. The average Bonchev–Trinajstić information content (AvgIpc) is 2.71. The second kappa shape index (κ2) is 12.0. The Balaban J connectivity index is 3.13. The molecule has 0 N–H and O–H groups in total. The van der Waals surface area contributed by atoms with Crippen molar-refractivity contribution >= 4 is 35.5 Å². The number of esters is 4. The molecule has 0 saturated heterocycles. The van der Waals surface area contributed by atoms with Crippen LogP contribution in [0.5, 0.6) is 0 Å². The topological polar surface area (TPSA) is 105 Å². The summed E-state index contributed by atoms with van der Waals surface area (Å²) in [6, 6.07) is 6.74. The number of hydrogen-bond donors (Lipinski definition) is 0. The van der Waals surface area contributed by atoms with Crippen molar-refractivity contribution in [3.05, 3.63) is 47.0 Å². The Morgan fingerprint density at radius 3 is 1.77 bits per heavy atom. The van der Waals surface area contributed by atoms with E-state index in [-0.39, 0.29) is 32.0 Å². The van der Waals surface area contributed by atoms with Gasteiger partial charge in [0.1, 0.15) is 6.61 Å². The van der Waals surface area contributed by atoms with Gasteiger partial charge in [-0.2, -0.15) is 0 Å². The van der Waals surface area contributed by atoms with Gasteiger partial charge in [-0.25, -0.2) is 4.79 Å². The highest BCUT2D eigenvalue weighted by Gasteiger charge is 2.58. The molecule has 0 bridgehead atoms. The van der Waals surface area contributed by atoms with Crippen LogP contribution in [-0.2, 0) is 44.7 Å². The van der Waals surface area contributed by atoms with Gasteiger partial charge in [0, 0.05) is 22.6 Å². The largest absolute Gasteiger partial charge is 0.465 e. The van der Waals surface area contributed by atoms with Crippen molar-refractivity contribution in [3.63, 3.8) is 0 Å². The van der Waals surface area contributed by atoms with Crippen LogP contribution >= 0.6 is 11.6 Å². The number of hydrogen-bond acceptors (Lipinski definition) is 8. The van der Waals surface area contributed by atoms with E-state index >= 15 is 0 Å². The molecule has 8 nitrogen and oxygen atoms in total. The summed E-state index contributed by atoms with van der Waals surface area (Å²) in [5.41, 5.74) is -2.29. The number of carbonyl (C=O) groups is 4. The summed E-state index contributed by atoms with van der Waals surface area (Å²) in [5, 5.41) is 0.398. The number of benzene rings is 1. The van der Waals surface area contributed by atoms with Crippen LogP contribution in [0.4, 0.5) is 0 Å². The predicted molar refractivity (Wildman–Crippen MR) is 107 cm³/mol. The lowest BCUT2D eigenvalue weighted by Gasteiger charge is -2.27. The molecule has 30 heavy (non-hydrogen) atoms. The van der Waals surface area contributed by atoms with E-state index in [2.05, 4.69) is 6.58 Å². The molecule has 0 spiro atoms. The maximum Gasteiger partial charge on any atom is 0.335 e. The third-order valence-corrected chi connectivity index (χ3v) is 4.32. The summed E-state index contributed by atoms with van der Waals surface area (Å²) >= 11 is 6.03. The zero-order valence-corrected chi connectivity index (χ0v) is 18.0. The molecule has 164 valence electrons. The van der Waals surface area contributed by atoms with Crippen molar-refractivity contribution in [1.82, 2.24) is 0 Å². The molecule has 0 amide bonds. The van der Waals surface area contributed by atoms with Gasteiger partial charge < -0.3 is 18.9 Å².